The van der Waals surface area contributed by atoms with Crippen molar-refractivity contribution in [3.8, 4) is 5.75 Å². The molecule has 0 radical (unpaired) electrons. The van der Waals surface area contributed by atoms with E-state index in [2.05, 4.69) is 29.5 Å². The molecule has 0 spiro atoms. The van der Waals surface area contributed by atoms with Gasteiger partial charge in [0.25, 0.3) is 5.91 Å². The monoisotopic (exact) mass is 520 g/mol. The second-order valence-corrected chi connectivity index (χ2v) is 10.7. The van der Waals surface area contributed by atoms with Crippen LogP contribution in [0, 0.1) is 12.8 Å². The van der Waals surface area contributed by atoms with Gasteiger partial charge in [-0.25, -0.2) is 4.98 Å². The molecule has 3 rings (SSSR count). The van der Waals surface area contributed by atoms with Crippen molar-refractivity contribution in [3.63, 3.8) is 0 Å². The maximum Gasteiger partial charge on any atom is 0.255 e. The van der Waals surface area contributed by atoms with Crippen LogP contribution in [0.1, 0.15) is 54.2 Å². The summed E-state index contributed by atoms with van der Waals surface area (Å²) in [7, 11) is 0. The number of aromatic nitrogens is 1. The highest BCUT2D eigenvalue weighted by molar-refractivity contribution is 7.09. The molecule has 2 N–H and O–H groups in total. The molecule has 2 heterocycles. The summed E-state index contributed by atoms with van der Waals surface area (Å²) in [6, 6.07) is 4.65. The van der Waals surface area contributed by atoms with Gasteiger partial charge in [0, 0.05) is 23.5 Å². The summed E-state index contributed by atoms with van der Waals surface area (Å²) in [5, 5.41) is 9.14. The molecular weight excluding hydrogens is 488 g/mol. The van der Waals surface area contributed by atoms with Crippen molar-refractivity contribution < 1.29 is 19.1 Å². The van der Waals surface area contributed by atoms with Crippen LogP contribution in [0.5, 0.6) is 5.75 Å². The number of carbonyl (C=O) groups is 3. The van der Waals surface area contributed by atoms with Gasteiger partial charge in [0.05, 0.1) is 35.3 Å². The molecule has 1 atom stereocenters. The molecule has 1 aromatic heterocycles. The van der Waals surface area contributed by atoms with Gasteiger partial charge in [-0.3, -0.25) is 14.4 Å². The highest BCUT2D eigenvalue weighted by Gasteiger charge is 2.23. The van der Waals surface area contributed by atoms with Gasteiger partial charge in [-0.1, -0.05) is 25.4 Å². The fourth-order valence-corrected chi connectivity index (χ4v) is 4.74. The molecular formula is C25H33ClN4O4S. The molecule has 0 fully saturated rings. The predicted octanol–water partition coefficient (Wildman–Crippen LogP) is 3.61. The molecule has 1 aliphatic rings. The number of amides is 3. The fraction of sp³-hybridized carbons (Fsp3) is 0.520. The zero-order valence-electron chi connectivity index (χ0n) is 20.4. The third-order valence-electron chi connectivity index (χ3n) is 5.57. The average Bonchev–Trinajstić information content (AvgIpc) is 3.20. The Bertz CT molecular complexity index is 1040. The van der Waals surface area contributed by atoms with Crippen molar-refractivity contribution in [2.75, 3.05) is 26.2 Å². The maximum atomic E-state index is 13.0. The highest BCUT2D eigenvalue weighted by atomic mass is 35.5. The third-order valence-corrected chi connectivity index (χ3v) is 6.63. The SMILES string of the molecule is Cc1nc(CC(=O)N2CCCCNC(=O)c3cc(Cl)ccc3OC[C@@H](CC(C)C)NC(=O)C2)cs1. The molecule has 0 saturated carbocycles. The van der Waals surface area contributed by atoms with Gasteiger partial charge >= 0.3 is 0 Å². The van der Waals surface area contributed by atoms with E-state index in [-0.39, 0.29) is 43.3 Å². The molecule has 1 aliphatic heterocycles. The number of hydrogen-bond donors (Lipinski definition) is 2. The summed E-state index contributed by atoms with van der Waals surface area (Å²) in [6.07, 6.45) is 2.14. The lowest BCUT2D eigenvalue weighted by molar-refractivity contribution is -0.136. The Balaban J connectivity index is 1.77. The lowest BCUT2D eigenvalue weighted by Crippen LogP contribution is -2.47. The quantitative estimate of drug-likeness (QED) is 0.641. The van der Waals surface area contributed by atoms with Crippen LogP contribution in [0.3, 0.4) is 0 Å². The van der Waals surface area contributed by atoms with E-state index in [0.29, 0.717) is 60.3 Å². The first kappa shape index (κ1) is 26.9. The molecule has 8 nitrogen and oxygen atoms in total. The number of thiazole rings is 1. The average molecular weight is 521 g/mol. The van der Waals surface area contributed by atoms with Crippen LogP contribution in [0.25, 0.3) is 0 Å². The number of carbonyl (C=O) groups excluding carboxylic acids is 3. The summed E-state index contributed by atoms with van der Waals surface area (Å²) >= 11 is 7.62. The standard InChI is InChI=1S/C25H33ClN4O4S/c1-16(2)10-19-14-34-22-7-6-18(26)11-21(22)25(33)27-8-4-5-9-30(13-23(31)29-19)24(32)12-20-15-35-17(3)28-20/h6-7,11,15-16,19H,4-5,8-10,12-14H2,1-3H3,(H,27,33)(H,29,31)/t19-/m1/s1. The van der Waals surface area contributed by atoms with E-state index in [1.807, 2.05) is 12.3 Å². The second kappa shape index (κ2) is 12.9. The van der Waals surface area contributed by atoms with Crippen molar-refractivity contribution in [1.29, 1.82) is 0 Å². The van der Waals surface area contributed by atoms with Crippen molar-refractivity contribution in [1.82, 2.24) is 20.5 Å². The van der Waals surface area contributed by atoms with E-state index in [9.17, 15) is 14.4 Å². The number of benzene rings is 1. The third kappa shape index (κ3) is 8.50. The van der Waals surface area contributed by atoms with Crippen molar-refractivity contribution >= 4 is 40.7 Å². The minimum absolute atomic E-state index is 0.0326. The summed E-state index contributed by atoms with van der Waals surface area (Å²) in [6.45, 7) is 7.03. The largest absolute Gasteiger partial charge is 0.491 e. The first-order valence-corrected chi connectivity index (χ1v) is 13.2. The molecule has 10 heteroatoms. The Morgan fingerprint density at radius 1 is 1.31 bits per heavy atom. The number of halogens is 1. The zero-order valence-corrected chi connectivity index (χ0v) is 22.0. The molecule has 2 aromatic rings. The number of nitrogens with one attached hydrogen (secondary N) is 2. The van der Waals surface area contributed by atoms with Gasteiger partial charge < -0.3 is 20.3 Å². The summed E-state index contributed by atoms with van der Waals surface area (Å²) in [4.78, 5) is 44.7. The van der Waals surface area contributed by atoms with Crippen molar-refractivity contribution in [2.45, 2.75) is 52.5 Å². The first-order chi connectivity index (χ1) is 16.7. The Labute approximate surface area is 215 Å². The van der Waals surface area contributed by atoms with Crippen molar-refractivity contribution in [3.05, 3.63) is 44.9 Å². The van der Waals surface area contributed by atoms with Gasteiger partial charge in [-0.2, -0.15) is 0 Å². The molecule has 0 saturated heterocycles. The summed E-state index contributed by atoms with van der Waals surface area (Å²) < 4.78 is 5.98. The van der Waals surface area contributed by atoms with Gasteiger partial charge in [0.1, 0.15) is 12.4 Å². The van der Waals surface area contributed by atoms with Crippen LogP contribution in [-0.4, -0.2) is 59.9 Å². The van der Waals surface area contributed by atoms with Gasteiger partial charge in [0.15, 0.2) is 0 Å². The van der Waals surface area contributed by atoms with Crippen LogP contribution in [0.4, 0.5) is 0 Å². The van der Waals surface area contributed by atoms with Crippen LogP contribution < -0.4 is 15.4 Å². The van der Waals surface area contributed by atoms with Crippen LogP contribution in [0.15, 0.2) is 23.6 Å². The Hall–Kier alpha value is -2.65. The van der Waals surface area contributed by atoms with E-state index in [1.165, 1.54) is 11.3 Å². The maximum absolute atomic E-state index is 13.0. The van der Waals surface area contributed by atoms with Gasteiger partial charge in [0.2, 0.25) is 11.8 Å². The van der Waals surface area contributed by atoms with Crippen molar-refractivity contribution in [2.24, 2.45) is 5.92 Å². The van der Waals surface area contributed by atoms with E-state index >= 15 is 0 Å². The van der Waals surface area contributed by atoms with E-state index in [4.69, 9.17) is 16.3 Å². The fourth-order valence-electron chi connectivity index (χ4n) is 3.95. The molecule has 35 heavy (non-hydrogen) atoms. The van der Waals surface area contributed by atoms with Crippen LogP contribution in [0.2, 0.25) is 5.02 Å². The highest BCUT2D eigenvalue weighted by Crippen LogP contribution is 2.24. The topological polar surface area (TPSA) is 101 Å². The number of nitrogens with zero attached hydrogens (tertiary/aromatic N) is 2. The lowest BCUT2D eigenvalue weighted by Gasteiger charge is -2.25. The second-order valence-electron chi connectivity index (χ2n) is 9.16. The van der Waals surface area contributed by atoms with Crippen LogP contribution >= 0.6 is 22.9 Å². The first-order valence-electron chi connectivity index (χ1n) is 11.9. The zero-order chi connectivity index (χ0) is 25.4. The Morgan fingerprint density at radius 3 is 2.83 bits per heavy atom. The number of ether oxygens (including phenoxy) is 1. The smallest absolute Gasteiger partial charge is 0.255 e. The lowest BCUT2D eigenvalue weighted by atomic mass is 10.0. The molecule has 190 valence electrons. The van der Waals surface area contributed by atoms with E-state index < -0.39 is 0 Å². The summed E-state index contributed by atoms with van der Waals surface area (Å²) in [5.41, 5.74) is 1.07. The van der Waals surface area contributed by atoms with E-state index in [1.54, 1.807) is 23.1 Å². The van der Waals surface area contributed by atoms with Gasteiger partial charge in [-0.15, -0.1) is 11.3 Å². The van der Waals surface area contributed by atoms with Gasteiger partial charge in [-0.05, 0) is 50.3 Å². The molecule has 3 amide bonds. The molecule has 0 bridgehead atoms. The number of fused-ring (bicyclic) bond motifs is 1. The number of rotatable bonds is 4. The molecule has 0 unspecified atom stereocenters. The molecule has 0 aliphatic carbocycles. The number of aryl methyl sites for hydroxylation is 1. The van der Waals surface area contributed by atoms with E-state index in [0.717, 1.165) is 5.01 Å². The Morgan fingerprint density at radius 2 is 2.11 bits per heavy atom. The Kier molecular flexibility index (Phi) is 9.92. The van der Waals surface area contributed by atoms with Crippen LogP contribution in [-0.2, 0) is 16.0 Å². The predicted molar refractivity (Wildman–Crippen MR) is 137 cm³/mol. The molecule has 1 aromatic carbocycles. The summed E-state index contributed by atoms with van der Waals surface area (Å²) in [5.74, 6) is 0.0818. The minimum Gasteiger partial charge on any atom is -0.491 e. The normalized spacial score (nSPS) is 18.1. The number of hydrogen-bond acceptors (Lipinski definition) is 6. The minimum atomic E-state index is -0.280.